The molecule has 0 unspecified atom stereocenters. The molecule has 0 aliphatic rings. The van der Waals surface area contributed by atoms with Gasteiger partial charge in [0.1, 0.15) is 0 Å². The highest BCUT2D eigenvalue weighted by Crippen LogP contribution is 2.14. The molecule has 0 aliphatic carbocycles. The van der Waals surface area contributed by atoms with Gasteiger partial charge in [-0.3, -0.25) is 4.57 Å². The minimum atomic E-state index is 0.243. The van der Waals surface area contributed by atoms with E-state index in [9.17, 15) is 5.11 Å². The van der Waals surface area contributed by atoms with Gasteiger partial charge in [-0.15, -0.1) is 0 Å². The molecule has 3 nitrogen and oxygen atoms in total. The third-order valence-electron chi connectivity index (χ3n) is 2.83. The van der Waals surface area contributed by atoms with Crippen LogP contribution in [-0.2, 0) is 19.5 Å². The van der Waals surface area contributed by atoms with E-state index in [1.807, 2.05) is 29.7 Å². The molecule has 1 aromatic carbocycles. The Labute approximate surface area is 106 Å². The molecule has 0 saturated heterocycles. The van der Waals surface area contributed by atoms with E-state index in [1.165, 1.54) is 5.56 Å². The maximum atomic E-state index is 9.80. The third kappa shape index (κ3) is 2.58. The molecule has 0 bridgehead atoms. The SMILES string of the molecule is CCn1cc(O)n(CCc2ccccc2)c1=S. The maximum absolute atomic E-state index is 9.80. The van der Waals surface area contributed by atoms with Crippen LogP contribution in [-0.4, -0.2) is 14.2 Å². The second kappa shape index (κ2) is 5.19. The van der Waals surface area contributed by atoms with Gasteiger partial charge in [-0.05, 0) is 31.1 Å². The van der Waals surface area contributed by atoms with Crippen molar-refractivity contribution < 1.29 is 5.11 Å². The molecule has 0 aliphatic heterocycles. The van der Waals surface area contributed by atoms with E-state index in [1.54, 1.807) is 10.8 Å². The van der Waals surface area contributed by atoms with E-state index < -0.39 is 0 Å². The zero-order valence-corrected chi connectivity index (χ0v) is 10.7. The molecule has 0 atom stereocenters. The average molecular weight is 248 g/mol. The molecule has 90 valence electrons. The lowest BCUT2D eigenvalue weighted by atomic mass is 10.1. The molecular weight excluding hydrogens is 232 g/mol. The van der Waals surface area contributed by atoms with Crippen molar-refractivity contribution in [1.82, 2.24) is 9.13 Å². The second-order valence-electron chi connectivity index (χ2n) is 3.94. The zero-order valence-electron chi connectivity index (χ0n) is 9.84. The van der Waals surface area contributed by atoms with Crippen LogP contribution in [0.25, 0.3) is 0 Å². The van der Waals surface area contributed by atoms with Gasteiger partial charge in [0.15, 0.2) is 4.77 Å². The van der Waals surface area contributed by atoms with Crippen molar-refractivity contribution in [2.24, 2.45) is 0 Å². The van der Waals surface area contributed by atoms with E-state index in [-0.39, 0.29) is 5.88 Å². The monoisotopic (exact) mass is 248 g/mol. The Morgan fingerprint density at radius 2 is 1.94 bits per heavy atom. The van der Waals surface area contributed by atoms with Crippen molar-refractivity contribution in [3.05, 3.63) is 46.9 Å². The summed E-state index contributed by atoms with van der Waals surface area (Å²) in [7, 11) is 0. The standard InChI is InChI=1S/C13H16N2OS/c1-2-14-10-12(16)15(13(14)17)9-8-11-6-4-3-5-7-11/h3-7,10,16H,2,8-9H2,1H3. The van der Waals surface area contributed by atoms with E-state index >= 15 is 0 Å². The smallest absolute Gasteiger partial charge is 0.210 e. The summed E-state index contributed by atoms with van der Waals surface area (Å²) in [5, 5.41) is 9.80. The van der Waals surface area contributed by atoms with Crippen molar-refractivity contribution in [1.29, 1.82) is 0 Å². The predicted octanol–water partition coefficient (Wildman–Crippen LogP) is 2.99. The predicted molar refractivity (Wildman–Crippen MR) is 70.7 cm³/mol. The Balaban J connectivity index is 2.15. The van der Waals surface area contributed by atoms with E-state index in [0.717, 1.165) is 13.0 Å². The highest BCUT2D eigenvalue weighted by atomic mass is 32.1. The molecule has 4 heteroatoms. The zero-order chi connectivity index (χ0) is 12.3. The van der Waals surface area contributed by atoms with Crippen LogP contribution in [0.2, 0.25) is 0 Å². The first kappa shape index (κ1) is 11.9. The van der Waals surface area contributed by atoms with Crippen LogP contribution in [0.3, 0.4) is 0 Å². The Bertz CT molecular complexity index is 542. The number of aromatic hydroxyl groups is 1. The Morgan fingerprint density at radius 1 is 1.24 bits per heavy atom. The van der Waals surface area contributed by atoms with Crippen LogP contribution >= 0.6 is 12.2 Å². The van der Waals surface area contributed by atoms with Gasteiger partial charge in [0.25, 0.3) is 0 Å². The van der Waals surface area contributed by atoms with Crippen LogP contribution in [0.15, 0.2) is 36.5 Å². The molecule has 0 spiro atoms. The van der Waals surface area contributed by atoms with Crippen LogP contribution in [0.4, 0.5) is 0 Å². The number of benzene rings is 1. The number of imidazole rings is 1. The minimum Gasteiger partial charge on any atom is -0.493 e. The van der Waals surface area contributed by atoms with Gasteiger partial charge in [0.05, 0.1) is 6.20 Å². The van der Waals surface area contributed by atoms with E-state index in [0.29, 0.717) is 11.3 Å². The topological polar surface area (TPSA) is 30.1 Å². The van der Waals surface area contributed by atoms with Crippen molar-refractivity contribution in [2.45, 2.75) is 26.4 Å². The fourth-order valence-electron chi connectivity index (χ4n) is 1.84. The van der Waals surface area contributed by atoms with Gasteiger partial charge < -0.3 is 9.67 Å². The summed E-state index contributed by atoms with van der Waals surface area (Å²) < 4.78 is 4.32. The highest BCUT2D eigenvalue weighted by molar-refractivity contribution is 7.71. The summed E-state index contributed by atoms with van der Waals surface area (Å²) in [5.74, 6) is 0.243. The fourth-order valence-corrected chi connectivity index (χ4v) is 2.21. The summed E-state index contributed by atoms with van der Waals surface area (Å²) >= 11 is 5.29. The number of aromatic nitrogens is 2. The van der Waals surface area contributed by atoms with Gasteiger partial charge >= 0.3 is 0 Å². The number of rotatable bonds is 4. The first-order valence-electron chi connectivity index (χ1n) is 5.75. The van der Waals surface area contributed by atoms with E-state index in [4.69, 9.17) is 12.2 Å². The molecule has 1 aromatic heterocycles. The maximum Gasteiger partial charge on any atom is 0.210 e. The quantitative estimate of drug-likeness (QED) is 0.843. The van der Waals surface area contributed by atoms with Gasteiger partial charge in [-0.1, -0.05) is 30.3 Å². The van der Waals surface area contributed by atoms with Crippen LogP contribution in [0, 0.1) is 4.77 Å². The second-order valence-corrected chi connectivity index (χ2v) is 4.31. The average Bonchev–Trinajstić information content (AvgIpc) is 2.63. The molecule has 1 N–H and O–H groups in total. The largest absolute Gasteiger partial charge is 0.493 e. The van der Waals surface area contributed by atoms with Crippen molar-refractivity contribution in [2.75, 3.05) is 0 Å². The third-order valence-corrected chi connectivity index (χ3v) is 3.29. The number of hydrogen-bond acceptors (Lipinski definition) is 2. The minimum absolute atomic E-state index is 0.243. The summed E-state index contributed by atoms with van der Waals surface area (Å²) in [6, 6.07) is 10.2. The first-order chi connectivity index (χ1) is 8.22. The molecule has 0 fully saturated rings. The lowest BCUT2D eigenvalue weighted by molar-refractivity contribution is 0.415. The van der Waals surface area contributed by atoms with Gasteiger partial charge in [0.2, 0.25) is 5.88 Å². The summed E-state index contributed by atoms with van der Waals surface area (Å²) in [6.07, 6.45) is 2.56. The Kier molecular flexibility index (Phi) is 3.64. The van der Waals surface area contributed by atoms with Crippen LogP contribution in [0.5, 0.6) is 5.88 Å². The summed E-state index contributed by atoms with van der Waals surface area (Å²) in [4.78, 5) is 0. The lowest BCUT2D eigenvalue weighted by Gasteiger charge is -2.04. The van der Waals surface area contributed by atoms with Crippen LogP contribution < -0.4 is 0 Å². The highest BCUT2D eigenvalue weighted by Gasteiger charge is 2.05. The molecular formula is C13H16N2OS. The number of hydrogen-bond donors (Lipinski definition) is 1. The molecule has 1 heterocycles. The normalized spacial score (nSPS) is 10.6. The Morgan fingerprint density at radius 3 is 2.53 bits per heavy atom. The molecule has 0 amide bonds. The molecule has 2 rings (SSSR count). The fraction of sp³-hybridized carbons (Fsp3) is 0.308. The number of aryl methyl sites for hydroxylation is 2. The van der Waals surface area contributed by atoms with Gasteiger partial charge in [-0.2, -0.15) is 0 Å². The van der Waals surface area contributed by atoms with Crippen molar-refractivity contribution in [3.63, 3.8) is 0 Å². The summed E-state index contributed by atoms with van der Waals surface area (Å²) in [5.41, 5.74) is 1.25. The van der Waals surface area contributed by atoms with Gasteiger partial charge in [0, 0.05) is 13.1 Å². The van der Waals surface area contributed by atoms with E-state index in [2.05, 4.69) is 12.1 Å². The first-order valence-corrected chi connectivity index (χ1v) is 6.16. The van der Waals surface area contributed by atoms with Crippen LogP contribution in [0.1, 0.15) is 12.5 Å². The summed E-state index contributed by atoms with van der Waals surface area (Å²) in [6.45, 7) is 3.50. The molecule has 0 radical (unpaired) electrons. The molecule has 17 heavy (non-hydrogen) atoms. The van der Waals surface area contributed by atoms with Crippen molar-refractivity contribution in [3.8, 4) is 5.88 Å². The van der Waals surface area contributed by atoms with Gasteiger partial charge in [-0.25, -0.2) is 0 Å². The Hall–Kier alpha value is -1.55. The lowest BCUT2D eigenvalue weighted by Crippen LogP contribution is -2.03. The number of nitrogens with zero attached hydrogens (tertiary/aromatic N) is 2. The molecule has 0 saturated carbocycles. The van der Waals surface area contributed by atoms with Crippen molar-refractivity contribution >= 4 is 12.2 Å². The molecule has 2 aromatic rings.